The Bertz CT molecular complexity index is 1090. The first-order chi connectivity index (χ1) is 14.6. The molecule has 0 heterocycles. The van der Waals surface area contributed by atoms with Crippen molar-refractivity contribution >= 4 is 21.6 Å². The molecule has 2 fully saturated rings. The van der Waals surface area contributed by atoms with Gasteiger partial charge < -0.3 is 5.32 Å². The number of amides is 1. The predicted octanol–water partition coefficient (Wildman–Crippen LogP) is 4.60. The SMILES string of the molecule is O=C(Nc1cccc(S(=O)(=O)NC2CC2)c1)C1(c2cccc(C(F)(F)F)c2)CCCC1. The van der Waals surface area contributed by atoms with Crippen LogP contribution in [0.15, 0.2) is 53.4 Å². The van der Waals surface area contributed by atoms with E-state index in [1.54, 1.807) is 12.1 Å². The van der Waals surface area contributed by atoms with Crippen LogP contribution in [0.1, 0.15) is 49.7 Å². The third-order valence-corrected chi connectivity index (χ3v) is 7.45. The Labute approximate surface area is 179 Å². The van der Waals surface area contributed by atoms with Crippen molar-refractivity contribution in [2.75, 3.05) is 5.32 Å². The van der Waals surface area contributed by atoms with Crippen LogP contribution in [0.4, 0.5) is 18.9 Å². The third-order valence-electron chi connectivity index (χ3n) is 5.94. The molecule has 166 valence electrons. The monoisotopic (exact) mass is 452 g/mol. The van der Waals surface area contributed by atoms with Gasteiger partial charge in [-0.05, 0) is 55.5 Å². The van der Waals surface area contributed by atoms with Gasteiger partial charge in [-0.2, -0.15) is 13.2 Å². The molecule has 31 heavy (non-hydrogen) atoms. The van der Waals surface area contributed by atoms with Crippen molar-refractivity contribution in [2.24, 2.45) is 0 Å². The van der Waals surface area contributed by atoms with Crippen molar-refractivity contribution in [3.63, 3.8) is 0 Å². The summed E-state index contributed by atoms with van der Waals surface area (Å²) < 4.78 is 67.2. The molecule has 5 nitrogen and oxygen atoms in total. The lowest BCUT2D eigenvalue weighted by Gasteiger charge is -2.29. The zero-order valence-electron chi connectivity index (χ0n) is 16.7. The second kappa shape index (κ2) is 7.94. The number of anilines is 1. The molecular formula is C22H23F3N2O3S. The van der Waals surface area contributed by atoms with Crippen LogP contribution in [0.3, 0.4) is 0 Å². The van der Waals surface area contributed by atoms with Gasteiger partial charge in [0.25, 0.3) is 0 Å². The minimum Gasteiger partial charge on any atom is -0.325 e. The van der Waals surface area contributed by atoms with Gasteiger partial charge in [-0.1, -0.05) is 37.1 Å². The summed E-state index contributed by atoms with van der Waals surface area (Å²) in [6, 6.07) is 10.8. The maximum Gasteiger partial charge on any atom is 0.416 e. The molecule has 0 aliphatic heterocycles. The quantitative estimate of drug-likeness (QED) is 0.673. The summed E-state index contributed by atoms with van der Waals surface area (Å²) in [7, 11) is -3.69. The van der Waals surface area contributed by atoms with E-state index < -0.39 is 33.1 Å². The number of hydrogen-bond acceptors (Lipinski definition) is 3. The van der Waals surface area contributed by atoms with Crippen LogP contribution < -0.4 is 10.0 Å². The van der Waals surface area contributed by atoms with E-state index in [1.165, 1.54) is 24.3 Å². The number of rotatable bonds is 6. The molecule has 0 saturated heterocycles. The molecule has 2 N–H and O–H groups in total. The molecule has 0 atom stereocenters. The molecule has 9 heteroatoms. The number of alkyl halides is 3. The van der Waals surface area contributed by atoms with Crippen LogP contribution in [0.2, 0.25) is 0 Å². The highest BCUT2D eigenvalue weighted by Gasteiger charge is 2.44. The largest absolute Gasteiger partial charge is 0.416 e. The summed E-state index contributed by atoms with van der Waals surface area (Å²) in [5, 5.41) is 2.75. The molecule has 0 bridgehead atoms. The Morgan fingerprint density at radius 3 is 2.32 bits per heavy atom. The maximum absolute atomic E-state index is 13.3. The van der Waals surface area contributed by atoms with E-state index in [9.17, 15) is 26.4 Å². The van der Waals surface area contributed by atoms with E-state index in [-0.39, 0.29) is 10.9 Å². The molecule has 0 unspecified atom stereocenters. The minimum absolute atomic E-state index is 0.0386. The lowest BCUT2D eigenvalue weighted by Crippen LogP contribution is -2.38. The van der Waals surface area contributed by atoms with Crippen LogP contribution in [0.5, 0.6) is 0 Å². The molecule has 2 aliphatic carbocycles. The van der Waals surface area contributed by atoms with Gasteiger partial charge in [-0.25, -0.2) is 13.1 Å². The van der Waals surface area contributed by atoms with Gasteiger partial charge in [0.05, 0.1) is 15.9 Å². The zero-order chi connectivity index (χ0) is 22.3. The fourth-order valence-electron chi connectivity index (χ4n) is 4.10. The topological polar surface area (TPSA) is 75.3 Å². The Hall–Kier alpha value is -2.39. The van der Waals surface area contributed by atoms with Gasteiger partial charge in [-0.3, -0.25) is 4.79 Å². The Morgan fingerprint density at radius 1 is 1.00 bits per heavy atom. The molecule has 2 aromatic carbocycles. The number of sulfonamides is 1. The molecular weight excluding hydrogens is 429 g/mol. The summed E-state index contributed by atoms with van der Waals surface area (Å²) in [5.74, 6) is -0.422. The number of halogens is 3. The van der Waals surface area contributed by atoms with E-state index in [0.717, 1.165) is 37.8 Å². The van der Waals surface area contributed by atoms with E-state index >= 15 is 0 Å². The highest BCUT2D eigenvalue weighted by Crippen LogP contribution is 2.43. The number of hydrogen-bond donors (Lipinski definition) is 2. The second-order valence-electron chi connectivity index (χ2n) is 8.25. The van der Waals surface area contributed by atoms with E-state index in [4.69, 9.17) is 0 Å². The summed E-state index contributed by atoms with van der Waals surface area (Å²) in [6.45, 7) is 0. The molecule has 0 spiro atoms. The van der Waals surface area contributed by atoms with Gasteiger partial charge in [0.1, 0.15) is 0 Å². The fraction of sp³-hybridized carbons (Fsp3) is 0.409. The lowest BCUT2D eigenvalue weighted by atomic mass is 9.77. The first-order valence-electron chi connectivity index (χ1n) is 10.2. The summed E-state index contributed by atoms with van der Waals surface area (Å²) >= 11 is 0. The van der Waals surface area contributed by atoms with Gasteiger partial charge in [0.2, 0.25) is 15.9 Å². The second-order valence-corrected chi connectivity index (χ2v) is 9.96. The zero-order valence-corrected chi connectivity index (χ0v) is 17.5. The maximum atomic E-state index is 13.3. The molecule has 0 radical (unpaired) electrons. The Morgan fingerprint density at radius 2 is 1.68 bits per heavy atom. The Kier molecular flexibility index (Phi) is 5.59. The number of benzene rings is 2. The van der Waals surface area contributed by atoms with Crippen LogP contribution in [0.25, 0.3) is 0 Å². The predicted molar refractivity (Wildman–Crippen MR) is 110 cm³/mol. The average Bonchev–Trinajstić information content (AvgIpc) is 3.37. The lowest BCUT2D eigenvalue weighted by molar-refractivity contribution is -0.137. The molecule has 2 saturated carbocycles. The van der Waals surface area contributed by atoms with E-state index in [0.29, 0.717) is 24.1 Å². The normalized spacial score (nSPS) is 18.7. The smallest absolute Gasteiger partial charge is 0.325 e. The van der Waals surface area contributed by atoms with Crippen LogP contribution >= 0.6 is 0 Å². The summed E-state index contributed by atoms with van der Waals surface area (Å²) in [6.07, 6.45) is -0.580. The number of carbonyl (C=O) groups excluding carboxylic acids is 1. The number of carbonyl (C=O) groups is 1. The van der Waals surface area contributed by atoms with Crippen LogP contribution in [-0.4, -0.2) is 20.4 Å². The Balaban J connectivity index is 1.61. The van der Waals surface area contributed by atoms with Gasteiger partial charge in [0.15, 0.2) is 0 Å². The molecule has 2 aliphatic rings. The first kappa shape index (κ1) is 21.8. The van der Waals surface area contributed by atoms with Gasteiger partial charge >= 0.3 is 6.18 Å². The van der Waals surface area contributed by atoms with Gasteiger partial charge in [-0.15, -0.1) is 0 Å². The average molecular weight is 452 g/mol. The first-order valence-corrected chi connectivity index (χ1v) is 11.7. The minimum atomic E-state index is -4.50. The highest BCUT2D eigenvalue weighted by molar-refractivity contribution is 7.89. The molecule has 4 rings (SSSR count). The van der Waals surface area contributed by atoms with E-state index in [1.807, 2.05) is 0 Å². The molecule has 1 amide bonds. The van der Waals surface area contributed by atoms with Crippen molar-refractivity contribution in [2.45, 2.75) is 61.1 Å². The highest BCUT2D eigenvalue weighted by atomic mass is 32.2. The fourth-order valence-corrected chi connectivity index (χ4v) is 5.45. The van der Waals surface area contributed by atoms with Crippen molar-refractivity contribution in [1.29, 1.82) is 0 Å². The van der Waals surface area contributed by atoms with Crippen molar-refractivity contribution in [3.05, 3.63) is 59.7 Å². The van der Waals surface area contributed by atoms with E-state index in [2.05, 4.69) is 10.0 Å². The van der Waals surface area contributed by atoms with Crippen molar-refractivity contribution < 1.29 is 26.4 Å². The molecule has 0 aromatic heterocycles. The van der Waals surface area contributed by atoms with Crippen LogP contribution in [0, 0.1) is 0 Å². The summed E-state index contributed by atoms with van der Waals surface area (Å²) in [4.78, 5) is 13.3. The third kappa shape index (κ3) is 4.62. The molecule has 2 aromatic rings. The number of nitrogens with one attached hydrogen (secondary N) is 2. The van der Waals surface area contributed by atoms with Gasteiger partial charge in [0, 0.05) is 11.7 Å². The standard InChI is InChI=1S/C22H23F3N2O3S/c23-22(24,25)16-6-3-5-15(13-16)21(11-1-2-12-21)20(28)26-18-7-4-8-19(14-18)31(29,30)27-17-9-10-17/h3-8,13-14,17,27H,1-2,9-12H2,(H,26,28). The summed E-state index contributed by atoms with van der Waals surface area (Å²) in [5.41, 5.74) is -1.25. The van der Waals surface area contributed by atoms with Crippen molar-refractivity contribution in [3.8, 4) is 0 Å². The van der Waals surface area contributed by atoms with Crippen LogP contribution in [-0.2, 0) is 26.4 Å². The van der Waals surface area contributed by atoms with Crippen molar-refractivity contribution in [1.82, 2.24) is 4.72 Å².